The number of aromatic nitrogens is 2. The van der Waals surface area contributed by atoms with E-state index in [-0.39, 0.29) is 0 Å². The average molecular weight is 345 g/mol. The maximum atomic E-state index is 5.18. The van der Waals surface area contributed by atoms with Gasteiger partial charge in [-0.1, -0.05) is 0 Å². The molecule has 0 aliphatic rings. The molecule has 0 unspecified atom stereocenters. The van der Waals surface area contributed by atoms with Gasteiger partial charge in [-0.05, 0) is 43.7 Å². The first kappa shape index (κ1) is 18.8. The molecule has 25 heavy (non-hydrogen) atoms. The van der Waals surface area contributed by atoms with Crippen molar-refractivity contribution < 1.29 is 9.47 Å². The number of aliphatic imine (C=N–C) groups is 1. The lowest BCUT2D eigenvalue weighted by atomic mass is 10.3. The van der Waals surface area contributed by atoms with Crippen molar-refractivity contribution in [3.8, 4) is 11.4 Å². The average Bonchev–Trinajstić information content (AvgIpc) is 3.12. The Hall–Kier alpha value is -2.54. The summed E-state index contributed by atoms with van der Waals surface area (Å²) in [6, 6.07) is 9.76. The van der Waals surface area contributed by atoms with Crippen LogP contribution in [0.5, 0.6) is 5.75 Å². The van der Waals surface area contributed by atoms with Gasteiger partial charge >= 0.3 is 0 Å². The molecule has 2 N–H and O–H groups in total. The number of nitrogens with zero attached hydrogens (tertiary/aromatic N) is 3. The Bertz CT molecular complexity index is 652. The second-order valence-electron chi connectivity index (χ2n) is 5.42. The zero-order valence-corrected chi connectivity index (χ0v) is 15.2. The third-order valence-corrected chi connectivity index (χ3v) is 3.54. The quantitative estimate of drug-likeness (QED) is 0.413. The topological polar surface area (TPSA) is 72.7 Å². The SMILES string of the molecule is CCNC(=NCc1ccn(-c2ccc(OC)cc2)n1)NCCCOC. The van der Waals surface area contributed by atoms with Crippen molar-refractivity contribution in [2.45, 2.75) is 19.9 Å². The Morgan fingerprint density at radius 1 is 1.16 bits per heavy atom. The van der Waals surface area contributed by atoms with Crippen molar-refractivity contribution in [2.24, 2.45) is 4.99 Å². The highest BCUT2D eigenvalue weighted by Gasteiger charge is 2.03. The molecule has 0 spiro atoms. The first-order valence-corrected chi connectivity index (χ1v) is 8.47. The van der Waals surface area contributed by atoms with Crippen LogP contribution in [0, 0.1) is 0 Å². The Morgan fingerprint density at radius 2 is 1.96 bits per heavy atom. The molecule has 7 nitrogen and oxygen atoms in total. The number of guanidine groups is 1. The van der Waals surface area contributed by atoms with Crippen LogP contribution in [0.15, 0.2) is 41.5 Å². The lowest BCUT2D eigenvalue weighted by molar-refractivity contribution is 0.195. The fourth-order valence-corrected chi connectivity index (χ4v) is 2.25. The Labute approximate surface area is 149 Å². The van der Waals surface area contributed by atoms with Gasteiger partial charge in [-0.15, -0.1) is 0 Å². The highest BCUT2D eigenvalue weighted by atomic mass is 16.5. The highest BCUT2D eigenvalue weighted by molar-refractivity contribution is 5.79. The summed E-state index contributed by atoms with van der Waals surface area (Å²) >= 11 is 0. The fourth-order valence-electron chi connectivity index (χ4n) is 2.25. The van der Waals surface area contributed by atoms with E-state index in [1.165, 1.54) is 0 Å². The third-order valence-electron chi connectivity index (χ3n) is 3.54. The van der Waals surface area contributed by atoms with Gasteiger partial charge in [0.1, 0.15) is 5.75 Å². The Balaban J connectivity index is 1.95. The first-order chi connectivity index (χ1) is 12.3. The van der Waals surface area contributed by atoms with E-state index in [1.54, 1.807) is 14.2 Å². The van der Waals surface area contributed by atoms with Crippen LogP contribution in [-0.2, 0) is 11.3 Å². The monoisotopic (exact) mass is 345 g/mol. The molecule has 2 aromatic rings. The molecular weight excluding hydrogens is 318 g/mol. The van der Waals surface area contributed by atoms with Crippen LogP contribution in [0.3, 0.4) is 0 Å². The van der Waals surface area contributed by atoms with E-state index in [0.717, 1.165) is 49.2 Å². The Morgan fingerprint density at radius 3 is 2.64 bits per heavy atom. The van der Waals surface area contributed by atoms with Crippen molar-refractivity contribution in [3.05, 3.63) is 42.2 Å². The zero-order valence-electron chi connectivity index (χ0n) is 15.2. The van der Waals surface area contributed by atoms with Crippen LogP contribution in [0.4, 0.5) is 0 Å². The van der Waals surface area contributed by atoms with Crippen LogP contribution in [0.25, 0.3) is 5.69 Å². The van der Waals surface area contributed by atoms with Gasteiger partial charge in [-0.2, -0.15) is 5.10 Å². The maximum Gasteiger partial charge on any atom is 0.191 e. The normalized spacial score (nSPS) is 11.4. The van der Waals surface area contributed by atoms with Gasteiger partial charge in [0.25, 0.3) is 0 Å². The molecular formula is C18H27N5O2. The van der Waals surface area contributed by atoms with Gasteiger partial charge in [0.15, 0.2) is 5.96 Å². The van der Waals surface area contributed by atoms with Crippen LogP contribution >= 0.6 is 0 Å². The van der Waals surface area contributed by atoms with Crippen molar-refractivity contribution >= 4 is 5.96 Å². The maximum absolute atomic E-state index is 5.18. The molecule has 7 heteroatoms. The number of nitrogens with one attached hydrogen (secondary N) is 2. The van der Waals surface area contributed by atoms with E-state index >= 15 is 0 Å². The van der Waals surface area contributed by atoms with E-state index < -0.39 is 0 Å². The van der Waals surface area contributed by atoms with Crippen LogP contribution in [-0.4, -0.2) is 49.7 Å². The first-order valence-electron chi connectivity index (χ1n) is 8.47. The van der Waals surface area contributed by atoms with E-state index in [1.807, 2.05) is 48.1 Å². The largest absolute Gasteiger partial charge is 0.497 e. The van der Waals surface area contributed by atoms with Gasteiger partial charge in [-0.3, -0.25) is 0 Å². The fraction of sp³-hybridized carbons (Fsp3) is 0.444. The van der Waals surface area contributed by atoms with Gasteiger partial charge in [0.2, 0.25) is 0 Å². The highest BCUT2D eigenvalue weighted by Crippen LogP contribution is 2.14. The summed E-state index contributed by atoms with van der Waals surface area (Å²) in [5.41, 5.74) is 1.89. The number of hydrogen-bond donors (Lipinski definition) is 2. The van der Waals surface area contributed by atoms with Crippen LogP contribution < -0.4 is 15.4 Å². The molecule has 0 atom stereocenters. The predicted molar refractivity (Wildman–Crippen MR) is 99.4 cm³/mol. The molecule has 0 aliphatic carbocycles. The van der Waals surface area contributed by atoms with Crippen molar-refractivity contribution in [3.63, 3.8) is 0 Å². The van der Waals surface area contributed by atoms with E-state index in [0.29, 0.717) is 6.54 Å². The van der Waals surface area contributed by atoms with E-state index in [2.05, 4.69) is 20.7 Å². The van der Waals surface area contributed by atoms with E-state index in [9.17, 15) is 0 Å². The summed E-state index contributed by atoms with van der Waals surface area (Å²) in [5.74, 6) is 1.62. The molecule has 1 aromatic heterocycles. The third kappa shape index (κ3) is 6.11. The smallest absolute Gasteiger partial charge is 0.191 e. The molecule has 0 radical (unpaired) electrons. The Kier molecular flexibility index (Phi) is 7.78. The zero-order chi connectivity index (χ0) is 17.9. The van der Waals surface area contributed by atoms with Crippen molar-refractivity contribution in [2.75, 3.05) is 33.9 Å². The second kappa shape index (κ2) is 10.4. The second-order valence-corrected chi connectivity index (χ2v) is 5.42. The minimum Gasteiger partial charge on any atom is -0.497 e. The van der Waals surface area contributed by atoms with Gasteiger partial charge in [-0.25, -0.2) is 9.67 Å². The van der Waals surface area contributed by atoms with E-state index in [4.69, 9.17) is 9.47 Å². The molecule has 1 aromatic carbocycles. The molecule has 136 valence electrons. The van der Waals surface area contributed by atoms with Crippen LogP contribution in [0.1, 0.15) is 19.0 Å². The number of methoxy groups -OCH3 is 2. The standard InChI is InChI=1S/C18H27N5O2/c1-4-19-18(20-11-5-13-24-2)21-14-15-10-12-23(22-15)16-6-8-17(25-3)9-7-16/h6-10,12H,4-5,11,13-14H2,1-3H3,(H2,19,20,21). The van der Waals surface area contributed by atoms with Crippen molar-refractivity contribution in [1.82, 2.24) is 20.4 Å². The lowest BCUT2D eigenvalue weighted by Crippen LogP contribution is -2.38. The summed E-state index contributed by atoms with van der Waals surface area (Å²) in [4.78, 5) is 4.57. The summed E-state index contributed by atoms with van der Waals surface area (Å²) < 4.78 is 12.1. The van der Waals surface area contributed by atoms with Gasteiger partial charge in [0, 0.05) is 33.0 Å². The molecule has 1 heterocycles. The molecule has 0 aliphatic heterocycles. The molecule has 0 amide bonds. The molecule has 0 fully saturated rings. The number of rotatable bonds is 9. The summed E-state index contributed by atoms with van der Waals surface area (Å²) in [6.07, 6.45) is 2.87. The number of ether oxygens (including phenoxy) is 2. The van der Waals surface area contributed by atoms with Crippen molar-refractivity contribution in [1.29, 1.82) is 0 Å². The molecule has 2 rings (SSSR count). The van der Waals surface area contributed by atoms with Gasteiger partial charge < -0.3 is 20.1 Å². The van der Waals surface area contributed by atoms with Crippen LogP contribution in [0.2, 0.25) is 0 Å². The number of hydrogen-bond acceptors (Lipinski definition) is 4. The summed E-state index contributed by atoms with van der Waals surface area (Å²) in [7, 11) is 3.36. The summed E-state index contributed by atoms with van der Waals surface area (Å²) in [6.45, 7) is 4.93. The minimum atomic E-state index is 0.517. The summed E-state index contributed by atoms with van der Waals surface area (Å²) in [5, 5.41) is 11.1. The molecule has 0 saturated carbocycles. The number of benzene rings is 1. The minimum absolute atomic E-state index is 0.517. The predicted octanol–water partition coefficient (Wildman–Crippen LogP) is 1.97. The molecule has 0 bridgehead atoms. The molecule has 0 saturated heterocycles. The lowest BCUT2D eigenvalue weighted by Gasteiger charge is -2.10. The van der Waals surface area contributed by atoms with Gasteiger partial charge in [0.05, 0.1) is 25.0 Å².